The molecule has 1 unspecified atom stereocenters. The van der Waals surface area contributed by atoms with Crippen molar-refractivity contribution in [1.29, 1.82) is 0 Å². The van der Waals surface area contributed by atoms with Gasteiger partial charge in [-0.15, -0.1) is 0 Å². The van der Waals surface area contributed by atoms with Crippen LogP contribution >= 0.6 is 0 Å². The van der Waals surface area contributed by atoms with E-state index in [1.807, 2.05) is 19.9 Å². The average molecular weight is 237 g/mol. The maximum absolute atomic E-state index is 9.00. The number of aliphatic hydroxyl groups excluding tert-OH is 1. The van der Waals surface area contributed by atoms with E-state index >= 15 is 0 Å². The van der Waals surface area contributed by atoms with Gasteiger partial charge in [-0.3, -0.25) is 0 Å². The van der Waals surface area contributed by atoms with Gasteiger partial charge in [0.25, 0.3) is 0 Å². The Morgan fingerprint density at radius 2 is 2.06 bits per heavy atom. The molecule has 0 saturated carbocycles. The fourth-order valence-corrected chi connectivity index (χ4v) is 2.00. The van der Waals surface area contributed by atoms with Crippen molar-refractivity contribution in [3.05, 3.63) is 17.6 Å². The Kier molecular flexibility index (Phi) is 5.91. The van der Waals surface area contributed by atoms with Gasteiger partial charge >= 0.3 is 0 Å². The standard InChI is InChI=1S/C13H23N3O/c1-4-5-12(6-7-17)9-14-13-8-10(2)15-11(3)16-13/h8,12,17H,4-7,9H2,1-3H3,(H,14,15,16). The first-order valence-electron chi connectivity index (χ1n) is 6.32. The molecule has 1 atom stereocenters. The first kappa shape index (κ1) is 13.9. The Balaban J connectivity index is 2.52. The number of nitrogens with zero attached hydrogens (tertiary/aromatic N) is 2. The molecular formula is C13H23N3O. The molecule has 0 aromatic carbocycles. The fraction of sp³-hybridized carbons (Fsp3) is 0.692. The van der Waals surface area contributed by atoms with E-state index in [-0.39, 0.29) is 6.61 Å². The summed E-state index contributed by atoms with van der Waals surface area (Å²) in [4.78, 5) is 8.58. The van der Waals surface area contributed by atoms with E-state index in [9.17, 15) is 0 Å². The second kappa shape index (κ2) is 7.22. The highest BCUT2D eigenvalue weighted by atomic mass is 16.3. The number of aryl methyl sites for hydroxylation is 2. The summed E-state index contributed by atoms with van der Waals surface area (Å²) < 4.78 is 0. The zero-order valence-electron chi connectivity index (χ0n) is 11.0. The molecular weight excluding hydrogens is 214 g/mol. The van der Waals surface area contributed by atoms with Crippen molar-refractivity contribution in [3.63, 3.8) is 0 Å². The quantitative estimate of drug-likeness (QED) is 0.764. The van der Waals surface area contributed by atoms with E-state index in [0.717, 1.165) is 43.1 Å². The Morgan fingerprint density at radius 3 is 2.65 bits per heavy atom. The third-order valence-electron chi connectivity index (χ3n) is 2.77. The van der Waals surface area contributed by atoms with Crippen LogP contribution in [0.3, 0.4) is 0 Å². The van der Waals surface area contributed by atoms with Gasteiger partial charge in [-0.1, -0.05) is 13.3 Å². The van der Waals surface area contributed by atoms with Crippen molar-refractivity contribution in [2.75, 3.05) is 18.5 Å². The molecule has 0 saturated heterocycles. The summed E-state index contributed by atoms with van der Waals surface area (Å²) in [6.07, 6.45) is 3.13. The number of hydrogen-bond donors (Lipinski definition) is 2. The van der Waals surface area contributed by atoms with Crippen molar-refractivity contribution in [3.8, 4) is 0 Å². The van der Waals surface area contributed by atoms with E-state index in [2.05, 4.69) is 22.2 Å². The third kappa shape index (κ3) is 5.13. The fourth-order valence-electron chi connectivity index (χ4n) is 2.00. The lowest BCUT2D eigenvalue weighted by Crippen LogP contribution is -2.16. The van der Waals surface area contributed by atoms with Crippen LogP contribution in [-0.4, -0.2) is 28.2 Å². The van der Waals surface area contributed by atoms with Gasteiger partial charge in [0.05, 0.1) is 0 Å². The van der Waals surface area contributed by atoms with Crippen molar-refractivity contribution < 1.29 is 5.11 Å². The molecule has 0 bridgehead atoms. The molecule has 1 rings (SSSR count). The minimum atomic E-state index is 0.258. The molecule has 17 heavy (non-hydrogen) atoms. The molecule has 0 aliphatic rings. The first-order valence-corrected chi connectivity index (χ1v) is 6.32. The monoisotopic (exact) mass is 237 g/mol. The maximum atomic E-state index is 9.00. The van der Waals surface area contributed by atoms with Crippen molar-refractivity contribution in [2.24, 2.45) is 5.92 Å². The molecule has 1 aromatic rings. The molecule has 0 fully saturated rings. The first-order chi connectivity index (χ1) is 8.15. The van der Waals surface area contributed by atoms with Crippen LogP contribution in [0, 0.1) is 19.8 Å². The summed E-state index contributed by atoms with van der Waals surface area (Å²) in [5.74, 6) is 2.19. The van der Waals surface area contributed by atoms with Gasteiger partial charge in [-0.25, -0.2) is 9.97 Å². The largest absolute Gasteiger partial charge is 0.396 e. The summed E-state index contributed by atoms with van der Waals surface area (Å²) >= 11 is 0. The van der Waals surface area contributed by atoms with Crippen molar-refractivity contribution >= 4 is 5.82 Å². The highest BCUT2D eigenvalue weighted by Gasteiger charge is 2.07. The van der Waals surface area contributed by atoms with Gasteiger partial charge in [0, 0.05) is 24.9 Å². The molecule has 0 amide bonds. The molecule has 0 aliphatic heterocycles. The SMILES string of the molecule is CCCC(CCO)CNc1cc(C)nc(C)n1. The molecule has 4 nitrogen and oxygen atoms in total. The molecule has 1 aromatic heterocycles. The summed E-state index contributed by atoms with van der Waals surface area (Å²) in [6.45, 7) is 7.16. The second-order valence-corrected chi connectivity index (χ2v) is 4.49. The van der Waals surface area contributed by atoms with Gasteiger partial charge < -0.3 is 10.4 Å². The van der Waals surface area contributed by atoms with Gasteiger partial charge in [-0.05, 0) is 32.6 Å². The molecule has 2 N–H and O–H groups in total. The van der Waals surface area contributed by atoms with Crippen LogP contribution in [0.1, 0.15) is 37.7 Å². The van der Waals surface area contributed by atoms with Gasteiger partial charge in [0.15, 0.2) is 0 Å². The number of rotatable bonds is 7. The van der Waals surface area contributed by atoms with Crippen LogP contribution < -0.4 is 5.32 Å². The highest BCUT2D eigenvalue weighted by Crippen LogP contribution is 2.13. The number of aromatic nitrogens is 2. The lowest BCUT2D eigenvalue weighted by atomic mass is 10.0. The summed E-state index contributed by atoms with van der Waals surface area (Å²) in [7, 11) is 0. The Hall–Kier alpha value is -1.16. The molecule has 0 aliphatic carbocycles. The average Bonchev–Trinajstić information content (AvgIpc) is 2.25. The third-order valence-corrected chi connectivity index (χ3v) is 2.77. The Morgan fingerprint density at radius 1 is 1.29 bits per heavy atom. The van der Waals surface area contributed by atoms with Crippen LogP contribution in [0.25, 0.3) is 0 Å². The van der Waals surface area contributed by atoms with Gasteiger partial charge in [0.1, 0.15) is 11.6 Å². The smallest absolute Gasteiger partial charge is 0.129 e. The topological polar surface area (TPSA) is 58.0 Å². The summed E-state index contributed by atoms with van der Waals surface area (Å²) in [5, 5.41) is 12.3. The Bertz CT molecular complexity index is 315. The Labute approximate surface area is 103 Å². The van der Waals surface area contributed by atoms with Crippen LogP contribution in [0.4, 0.5) is 5.82 Å². The van der Waals surface area contributed by atoms with E-state index < -0.39 is 0 Å². The van der Waals surface area contributed by atoms with E-state index in [0.29, 0.717) is 5.92 Å². The number of hydrogen-bond acceptors (Lipinski definition) is 4. The summed E-state index contributed by atoms with van der Waals surface area (Å²) in [5.41, 5.74) is 0.981. The van der Waals surface area contributed by atoms with Gasteiger partial charge in [0.2, 0.25) is 0 Å². The van der Waals surface area contributed by atoms with Crippen LogP contribution in [0.5, 0.6) is 0 Å². The number of aliphatic hydroxyl groups is 1. The van der Waals surface area contributed by atoms with E-state index in [4.69, 9.17) is 5.11 Å². The van der Waals surface area contributed by atoms with E-state index in [1.54, 1.807) is 0 Å². The molecule has 0 radical (unpaired) electrons. The lowest BCUT2D eigenvalue weighted by Gasteiger charge is -2.16. The van der Waals surface area contributed by atoms with Crippen molar-refractivity contribution in [2.45, 2.75) is 40.0 Å². The molecule has 4 heteroatoms. The van der Waals surface area contributed by atoms with Crippen LogP contribution in [0.15, 0.2) is 6.07 Å². The van der Waals surface area contributed by atoms with Gasteiger partial charge in [-0.2, -0.15) is 0 Å². The number of nitrogens with one attached hydrogen (secondary N) is 1. The summed E-state index contributed by atoms with van der Waals surface area (Å²) in [6, 6.07) is 1.95. The van der Waals surface area contributed by atoms with Crippen LogP contribution in [-0.2, 0) is 0 Å². The van der Waals surface area contributed by atoms with Crippen LogP contribution in [0.2, 0.25) is 0 Å². The predicted octanol–water partition coefficient (Wildman–Crippen LogP) is 2.30. The molecule has 0 spiro atoms. The predicted molar refractivity (Wildman–Crippen MR) is 70.1 cm³/mol. The van der Waals surface area contributed by atoms with Crippen molar-refractivity contribution in [1.82, 2.24) is 9.97 Å². The number of anilines is 1. The minimum Gasteiger partial charge on any atom is -0.396 e. The molecule has 1 heterocycles. The lowest BCUT2D eigenvalue weighted by molar-refractivity contribution is 0.255. The zero-order valence-corrected chi connectivity index (χ0v) is 11.0. The molecule has 96 valence electrons. The normalized spacial score (nSPS) is 12.5. The minimum absolute atomic E-state index is 0.258. The second-order valence-electron chi connectivity index (χ2n) is 4.49. The highest BCUT2D eigenvalue weighted by molar-refractivity contribution is 5.35. The zero-order chi connectivity index (χ0) is 12.7. The van der Waals surface area contributed by atoms with E-state index in [1.165, 1.54) is 0 Å². The maximum Gasteiger partial charge on any atom is 0.129 e.